The second kappa shape index (κ2) is 4.73. The lowest BCUT2D eigenvalue weighted by Crippen LogP contribution is -2.49. The monoisotopic (exact) mass is 219 g/mol. The van der Waals surface area contributed by atoms with E-state index in [0.29, 0.717) is 6.42 Å². The van der Waals surface area contributed by atoms with Crippen LogP contribution in [0.4, 0.5) is 0 Å². The normalized spacial score (nSPS) is 14.8. The number of hydrogen-bond donors (Lipinski definition) is 2. The van der Waals surface area contributed by atoms with Crippen LogP contribution in [0.5, 0.6) is 0 Å². The molecule has 0 rings (SSSR count). The van der Waals surface area contributed by atoms with Crippen molar-refractivity contribution in [2.24, 2.45) is 0 Å². The predicted octanol–water partition coefficient (Wildman–Crippen LogP) is 0.511. The van der Waals surface area contributed by atoms with Crippen molar-refractivity contribution in [3.63, 3.8) is 0 Å². The van der Waals surface area contributed by atoms with Gasteiger partial charge >= 0.3 is 0 Å². The Hall–Kier alpha value is -0.640. The van der Waals surface area contributed by atoms with Crippen LogP contribution in [0.25, 0.3) is 0 Å². The topological polar surface area (TPSA) is 82.0 Å². The Labute approximate surface area is 85.7 Å². The zero-order chi connectivity index (χ0) is 11.4. The molecule has 82 valence electrons. The predicted molar refractivity (Wildman–Crippen MR) is 54.6 cm³/mol. The summed E-state index contributed by atoms with van der Waals surface area (Å²) in [5.41, 5.74) is -0.542. The van der Waals surface area contributed by atoms with Gasteiger partial charge in [0.15, 0.2) is 0 Å². The molecular weight excluding hydrogens is 202 g/mol. The fraction of sp³-hybridized carbons (Fsp3) is 0.875. The largest absolute Gasteiger partial charge is 0.278 e. The third-order valence-electron chi connectivity index (χ3n) is 1.30. The Kier molecular flexibility index (Phi) is 4.52. The van der Waals surface area contributed by atoms with E-state index < -0.39 is 21.8 Å². The molecule has 1 atom stereocenters. The van der Waals surface area contributed by atoms with Crippen LogP contribution in [0.1, 0.15) is 34.1 Å². The van der Waals surface area contributed by atoms with Crippen molar-refractivity contribution < 1.29 is 8.42 Å². The van der Waals surface area contributed by atoms with Gasteiger partial charge in [0.2, 0.25) is 0 Å². The lowest BCUT2D eigenvalue weighted by molar-refractivity contribution is 0.479. The molecule has 0 bridgehead atoms. The van der Waals surface area contributed by atoms with Crippen molar-refractivity contribution in [3.05, 3.63) is 0 Å². The first-order valence-electron chi connectivity index (χ1n) is 4.41. The Morgan fingerprint density at radius 1 is 1.43 bits per heavy atom. The smallest absolute Gasteiger partial charge is 0.197 e. The van der Waals surface area contributed by atoms with Gasteiger partial charge in [-0.3, -0.25) is 0 Å². The first-order valence-corrected chi connectivity index (χ1v) is 5.89. The maximum atomic E-state index is 11.4. The SMILES string of the molecule is CCC(C#N)NS(=O)(=O)NC(C)(C)C. The Balaban J connectivity index is 4.45. The highest BCUT2D eigenvalue weighted by Gasteiger charge is 2.22. The average molecular weight is 219 g/mol. The zero-order valence-electron chi connectivity index (χ0n) is 8.96. The van der Waals surface area contributed by atoms with E-state index >= 15 is 0 Å². The molecule has 0 aliphatic heterocycles. The zero-order valence-corrected chi connectivity index (χ0v) is 9.77. The molecule has 6 heteroatoms. The van der Waals surface area contributed by atoms with Gasteiger partial charge in [0.25, 0.3) is 10.2 Å². The van der Waals surface area contributed by atoms with E-state index in [1.54, 1.807) is 27.7 Å². The van der Waals surface area contributed by atoms with Gasteiger partial charge in [0, 0.05) is 5.54 Å². The van der Waals surface area contributed by atoms with E-state index in [0.717, 1.165) is 0 Å². The van der Waals surface area contributed by atoms with Crippen LogP contribution >= 0.6 is 0 Å². The van der Waals surface area contributed by atoms with E-state index in [1.807, 2.05) is 6.07 Å². The van der Waals surface area contributed by atoms with Crippen molar-refractivity contribution in [3.8, 4) is 6.07 Å². The number of nitrogens with one attached hydrogen (secondary N) is 2. The number of nitrogens with zero attached hydrogens (tertiary/aromatic N) is 1. The van der Waals surface area contributed by atoms with Crippen LogP contribution in [0.15, 0.2) is 0 Å². The van der Waals surface area contributed by atoms with Crippen LogP contribution in [0.3, 0.4) is 0 Å². The summed E-state index contributed by atoms with van der Waals surface area (Å²) in [6.45, 7) is 6.95. The molecule has 0 aliphatic carbocycles. The summed E-state index contributed by atoms with van der Waals surface area (Å²) in [6, 6.07) is 1.19. The fourth-order valence-corrected chi connectivity index (χ4v) is 2.28. The number of rotatable bonds is 4. The summed E-state index contributed by atoms with van der Waals surface area (Å²) in [7, 11) is -3.59. The standard InChI is InChI=1S/C8H17N3O2S/c1-5-7(6-9)10-14(12,13)11-8(2,3)4/h7,10-11H,5H2,1-4H3. The van der Waals surface area contributed by atoms with Crippen molar-refractivity contribution >= 4 is 10.2 Å². The maximum absolute atomic E-state index is 11.4. The Bertz CT molecular complexity index is 310. The van der Waals surface area contributed by atoms with Crippen molar-refractivity contribution in [2.75, 3.05) is 0 Å². The second-order valence-electron chi connectivity index (χ2n) is 4.06. The quantitative estimate of drug-likeness (QED) is 0.722. The molecule has 0 aromatic heterocycles. The van der Waals surface area contributed by atoms with Crippen LogP contribution in [0.2, 0.25) is 0 Å². The molecule has 0 aliphatic rings. The van der Waals surface area contributed by atoms with E-state index in [4.69, 9.17) is 5.26 Å². The molecule has 5 nitrogen and oxygen atoms in total. The summed E-state index contributed by atoms with van der Waals surface area (Å²) in [5.74, 6) is 0. The molecular formula is C8H17N3O2S. The minimum Gasteiger partial charge on any atom is -0.197 e. The molecule has 1 unspecified atom stereocenters. The molecule has 14 heavy (non-hydrogen) atoms. The summed E-state index contributed by atoms with van der Waals surface area (Å²) in [4.78, 5) is 0. The van der Waals surface area contributed by atoms with Gasteiger partial charge in [0.05, 0.1) is 6.07 Å². The van der Waals surface area contributed by atoms with Crippen molar-refractivity contribution in [1.82, 2.24) is 9.44 Å². The van der Waals surface area contributed by atoms with Gasteiger partial charge in [-0.25, -0.2) is 0 Å². The first kappa shape index (κ1) is 13.4. The fourth-order valence-electron chi connectivity index (χ4n) is 0.821. The highest BCUT2D eigenvalue weighted by atomic mass is 32.2. The van der Waals surface area contributed by atoms with E-state index in [-0.39, 0.29) is 0 Å². The van der Waals surface area contributed by atoms with Crippen LogP contribution in [-0.2, 0) is 10.2 Å². The van der Waals surface area contributed by atoms with Gasteiger partial charge < -0.3 is 0 Å². The minimum absolute atomic E-state index is 0.446. The third-order valence-corrected chi connectivity index (χ3v) is 2.78. The molecule has 2 N–H and O–H groups in total. The van der Waals surface area contributed by atoms with Crippen molar-refractivity contribution in [1.29, 1.82) is 5.26 Å². The molecule has 0 saturated carbocycles. The Morgan fingerprint density at radius 3 is 2.21 bits per heavy atom. The molecule has 0 radical (unpaired) electrons. The summed E-state index contributed by atoms with van der Waals surface area (Å²) < 4.78 is 27.5. The number of hydrogen-bond acceptors (Lipinski definition) is 3. The average Bonchev–Trinajstić information content (AvgIpc) is 1.95. The molecule has 0 saturated heterocycles. The van der Waals surface area contributed by atoms with Crippen LogP contribution in [-0.4, -0.2) is 20.0 Å². The summed E-state index contributed by atoms with van der Waals surface area (Å²) in [6.07, 6.45) is 0.446. The van der Waals surface area contributed by atoms with Gasteiger partial charge in [-0.2, -0.15) is 23.1 Å². The highest BCUT2D eigenvalue weighted by molar-refractivity contribution is 7.87. The van der Waals surface area contributed by atoms with E-state index in [2.05, 4.69) is 9.44 Å². The van der Waals surface area contributed by atoms with Crippen LogP contribution < -0.4 is 9.44 Å². The lowest BCUT2D eigenvalue weighted by atomic mass is 10.1. The third kappa shape index (κ3) is 5.91. The molecule has 0 aromatic carbocycles. The van der Waals surface area contributed by atoms with Crippen molar-refractivity contribution in [2.45, 2.75) is 45.7 Å². The van der Waals surface area contributed by atoms with Gasteiger partial charge in [-0.15, -0.1) is 0 Å². The summed E-state index contributed by atoms with van der Waals surface area (Å²) in [5, 5.41) is 8.58. The van der Waals surface area contributed by atoms with Gasteiger partial charge in [-0.05, 0) is 27.2 Å². The molecule has 0 amide bonds. The highest BCUT2D eigenvalue weighted by Crippen LogP contribution is 2.01. The maximum Gasteiger partial charge on any atom is 0.278 e. The molecule has 0 spiro atoms. The van der Waals surface area contributed by atoms with Gasteiger partial charge in [0.1, 0.15) is 6.04 Å². The summed E-state index contributed by atoms with van der Waals surface area (Å²) >= 11 is 0. The molecule has 0 aromatic rings. The second-order valence-corrected chi connectivity index (χ2v) is 5.51. The lowest BCUT2D eigenvalue weighted by Gasteiger charge is -2.21. The first-order chi connectivity index (χ1) is 6.20. The molecule has 0 heterocycles. The van der Waals surface area contributed by atoms with Gasteiger partial charge in [-0.1, -0.05) is 6.92 Å². The minimum atomic E-state index is -3.59. The number of nitriles is 1. The van der Waals surface area contributed by atoms with E-state index in [1.165, 1.54) is 0 Å². The van der Waals surface area contributed by atoms with Crippen LogP contribution in [0, 0.1) is 11.3 Å². The van der Waals surface area contributed by atoms with E-state index in [9.17, 15) is 8.42 Å². The Morgan fingerprint density at radius 2 is 1.93 bits per heavy atom. The molecule has 0 fully saturated rings.